The van der Waals surface area contributed by atoms with Gasteiger partial charge in [-0.1, -0.05) is 0 Å². The average Bonchev–Trinajstić information content (AvgIpc) is 3.07. The Balaban J connectivity index is 1.66. The standard InChI is InChI=1S/C18H25N3O3/c1-19-9-7-17(22)21-10-3-2-4-15(21)18(23)20-14-5-6-16-13(12-14)8-11-24-16/h5-6,12,15,19H,2-4,7-11H2,1H3,(H,20,23). The van der Waals surface area contributed by atoms with E-state index in [1.54, 1.807) is 4.90 Å². The van der Waals surface area contributed by atoms with Crippen LogP contribution in [0.3, 0.4) is 0 Å². The lowest BCUT2D eigenvalue weighted by Crippen LogP contribution is -2.50. The van der Waals surface area contributed by atoms with Crippen LogP contribution in [0.4, 0.5) is 5.69 Å². The average molecular weight is 331 g/mol. The van der Waals surface area contributed by atoms with Crippen LogP contribution in [0.5, 0.6) is 5.75 Å². The molecule has 1 aromatic rings. The molecule has 0 spiro atoms. The third kappa shape index (κ3) is 3.70. The number of amides is 2. The number of carbonyl (C=O) groups excluding carboxylic acids is 2. The molecule has 1 unspecified atom stereocenters. The fourth-order valence-corrected chi connectivity index (χ4v) is 3.37. The van der Waals surface area contributed by atoms with Gasteiger partial charge in [-0.05, 0) is 50.1 Å². The van der Waals surface area contributed by atoms with Gasteiger partial charge >= 0.3 is 0 Å². The zero-order valence-electron chi connectivity index (χ0n) is 14.1. The topological polar surface area (TPSA) is 70.7 Å². The lowest BCUT2D eigenvalue weighted by atomic mass is 10.0. The largest absolute Gasteiger partial charge is 0.493 e. The Morgan fingerprint density at radius 3 is 3.04 bits per heavy atom. The molecule has 0 saturated carbocycles. The SMILES string of the molecule is CNCCC(=O)N1CCCCC1C(=O)Nc1ccc2c(c1)CCO2. The minimum Gasteiger partial charge on any atom is -0.493 e. The first kappa shape index (κ1) is 16.8. The predicted octanol–water partition coefficient (Wildman–Crippen LogP) is 1.55. The number of hydrogen-bond acceptors (Lipinski definition) is 4. The third-order valence-electron chi connectivity index (χ3n) is 4.67. The molecule has 3 rings (SSSR count). The third-order valence-corrected chi connectivity index (χ3v) is 4.67. The molecule has 2 heterocycles. The summed E-state index contributed by atoms with van der Waals surface area (Å²) in [6, 6.07) is 5.36. The molecule has 0 aliphatic carbocycles. The molecule has 24 heavy (non-hydrogen) atoms. The molecule has 1 atom stereocenters. The zero-order valence-corrected chi connectivity index (χ0v) is 14.1. The van der Waals surface area contributed by atoms with Crippen LogP contribution in [-0.2, 0) is 16.0 Å². The molecule has 2 aliphatic heterocycles. The van der Waals surface area contributed by atoms with E-state index >= 15 is 0 Å². The summed E-state index contributed by atoms with van der Waals surface area (Å²) in [7, 11) is 1.82. The van der Waals surface area contributed by atoms with Crippen LogP contribution in [0.1, 0.15) is 31.2 Å². The van der Waals surface area contributed by atoms with Gasteiger partial charge in [0, 0.05) is 31.6 Å². The van der Waals surface area contributed by atoms with Crippen molar-refractivity contribution in [3.05, 3.63) is 23.8 Å². The number of ether oxygens (including phenoxy) is 1. The molecule has 2 N–H and O–H groups in total. The molecule has 6 nitrogen and oxygen atoms in total. The Morgan fingerprint density at radius 1 is 1.33 bits per heavy atom. The van der Waals surface area contributed by atoms with Gasteiger partial charge in [0.2, 0.25) is 11.8 Å². The smallest absolute Gasteiger partial charge is 0.247 e. The van der Waals surface area contributed by atoms with Gasteiger partial charge < -0.3 is 20.3 Å². The van der Waals surface area contributed by atoms with E-state index in [1.807, 2.05) is 25.2 Å². The fraction of sp³-hybridized carbons (Fsp3) is 0.556. The summed E-state index contributed by atoms with van der Waals surface area (Å²) in [5.74, 6) is 0.854. The molecule has 0 radical (unpaired) electrons. The van der Waals surface area contributed by atoms with Crippen LogP contribution in [0.2, 0.25) is 0 Å². The van der Waals surface area contributed by atoms with Crippen LogP contribution in [0, 0.1) is 0 Å². The van der Waals surface area contributed by atoms with Gasteiger partial charge in [0.25, 0.3) is 0 Å². The molecular weight excluding hydrogens is 306 g/mol. The van der Waals surface area contributed by atoms with Crippen molar-refractivity contribution in [2.24, 2.45) is 0 Å². The Labute approximate surface area is 142 Å². The van der Waals surface area contributed by atoms with Crippen molar-refractivity contribution in [3.8, 4) is 5.75 Å². The minimum absolute atomic E-state index is 0.0477. The van der Waals surface area contributed by atoms with Gasteiger partial charge in [-0.2, -0.15) is 0 Å². The van der Waals surface area contributed by atoms with Crippen LogP contribution in [0.15, 0.2) is 18.2 Å². The first-order chi connectivity index (χ1) is 11.7. The highest BCUT2D eigenvalue weighted by molar-refractivity contribution is 5.97. The van der Waals surface area contributed by atoms with E-state index in [-0.39, 0.29) is 17.9 Å². The summed E-state index contributed by atoms with van der Waals surface area (Å²) in [6.45, 7) is 2.00. The van der Waals surface area contributed by atoms with E-state index < -0.39 is 0 Å². The van der Waals surface area contributed by atoms with Crippen LogP contribution < -0.4 is 15.4 Å². The molecule has 2 amide bonds. The molecule has 0 aromatic heterocycles. The lowest BCUT2D eigenvalue weighted by Gasteiger charge is -2.34. The second-order valence-electron chi connectivity index (χ2n) is 6.36. The van der Waals surface area contributed by atoms with Crippen molar-refractivity contribution < 1.29 is 14.3 Å². The Morgan fingerprint density at radius 2 is 2.21 bits per heavy atom. The van der Waals surface area contributed by atoms with Crippen molar-refractivity contribution in [1.82, 2.24) is 10.2 Å². The second kappa shape index (κ2) is 7.66. The number of nitrogens with one attached hydrogen (secondary N) is 2. The number of rotatable bonds is 5. The number of likely N-dealkylation sites (tertiary alicyclic amines) is 1. The van der Waals surface area contributed by atoms with E-state index in [9.17, 15) is 9.59 Å². The predicted molar refractivity (Wildman–Crippen MR) is 92.2 cm³/mol. The van der Waals surface area contributed by atoms with Crippen molar-refractivity contribution >= 4 is 17.5 Å². The quantitative estimate of drug-likeness (QED) is 0.859. The maximum absolute atomic E-state index is 12.7. The zero-order chi connectivity index (χ0) is 16.9. The van der Waals surface area contributed by atoms with E-state index in [0.29, 0.717) is 26.1 Å². The number of hydrogen-bond donors (Lipinski definition) is 2. The first-order valence-electron chi connectivity index (χ1n) is 8.69. The molecule has 2 aliphatic rings. The van der Waals surface area contributed by atoms with Crippen LogP contribution >= 0.6 is 0 Å². The van der Waals surface area contributed by atoms with Gasteiger partial charge in [-0.15, -0.1) is 0 Å². The van der Waals surface area contributed by atoms with Crippen molar-refractivity contribution in [1.29, 1.82) is 0 Å². The summed E-state index contributed by atoms with van der Waals surface area (Å²) in [6.07, 6.45) is 3.97. The van der Waals surface area contributed by atoms with Crippen LogP contribution in [0.25, 0.3) is 0 Å². The molecule has 1 saturated heterocycles. The van der Waals surface area contributed by atoms with Crippen molar-refractivity contribution in [2.45, 2.75) is 38.1 Å². The van der Waals surface area contributed by atoms with Crippen LogP contribution in [-0.4, -0.2) is 49.5 Å². The summed E-state index contributed by atoms with van der Waals surface area (Å²) in [4.78, 5) is 26.8. The highest BCUT2D eigenvalue weighted by Gasteiger charge is 2.31. The number of fused-ring (bicyclic) bond motifs is 1. The number of anilines is 1. The van der Waals surface area contributed by atoms with Gasteiger partial charge in [0.1, 0.15) is 11.8 Å². The maximum atomic E-state index is 12.7. The second-order valence-corrected chi connectivity index (χ2v) is 6.36. The first-order valence-corrected chi connectivity index (χ1v) is 8.69. The Kier molecular flexibility index (Phi) is 5.35. The van der Waals surface area contributed by atoms with Crippen molar-refractivity contribution in [3.63, 3.8) is 0 Å². The number of nitrogens with zero attached hydrogens (tertiary/aromatic N) is 1. The van der Waals surface area contributed by atoms with E-state index in [4.69, 9.17) is 4.74 Å². The number of piperidine rings is 1. The van der Waals surface area contributed by atoms with E-state index in [2.05, 4.69) is 10.6 Å². The molecule has 130 valence electrons. The monoisotopic (exact) mass is 331 g/mol. The molecule has 1 aromatic carbocycles. The van der Waals surface area contributed by atoms with Gasteiger partial charge in [0.15, 0.2) is 0 Å². The molecule has 6 heteroatoms. The van der Waals surface area contributed by atoms with E-state index in [1.165, 1.54) is 0 Å². The van der Waals surface area contributed by atoms with Gasteiger partial charge in [0.05, 0.1) is 6.61 Å². The van der Waals surface area contributed by atoms with E-state index in [0.717, 1.165) is 42.7 Å². The van der Waals surface area contributed by atoms with Gasteiger partial charge in [-0.25, -0.2) is 0 Å². The fourth-order valence-electron chi connectivity index (χ4n) is 3.37. The highest BCUT2D eigenvalue weighted by atomic mass is 16.5. The summed E-state index contributed by atoms with van der Waals surface area (Å²) in [5, 5.41) is 5.96. The molecule has 0 bridgehead atoms. The minimum atomic E-state index is -0.368. The highest BCUT2D eigenvalue weighted by Crippen LogP contribution is 2.28. The normalized spacial score (nSPS) is 19.5. The summed E-state index contributed by atoms with van der Waals surface area (Å²) >= 11 is 0. The Hall–Kier alpha value is -2.08. The Bertz CT molecular complexity index is 618. The van der Waals surface area contributed by atoms with Gasteiger partial charge in [-0.3, -0.25) is 9.59 Å². The van der Waals surface area contributed by atoms with Crippen molar-refractivity contribution in [2.75, 3.05) is 32.1 Å². The molecular formula is C18H25N3O3. The maximum Gasteiger partial charge on any atom is 0.247 e. The summed E-state index contributed by atoms with van der Waals surface area (Å²) < 4.78 is 5.49. The molecule has 1 fully saturated rings. The lowest BCUT2D eigenvalue weighted by molar-refractivity contribution is -0.140. The summed E-state index contributed by atoms with van der Waals surface area (Å²) in [5.41, 5.74) is 1.90. The number of benzene rings is 1. The number of carbonyl (C=O) groups is 2.